The van der Waals surface area contributed by atoms with Gasteiger partial charge >= 0.3 is 0 Å². The van der Waals surface area contributed by atoms with Gasteiger partial charge in [-0.3, -0.25) is 0 Å². The molecule has 60 valence electrons. The quantitative estimate of drug-likeness (QED) is 0.534. The summed E-state index contributed by atoms with van der Waals surface area (Å²) in [6.45, 7) is 0.115. The summed E-state index contributed by atoms with van der Waals surface area (Å²) >= 11 is 0. The van der Waals surface area contributed by atoms with Crippen LogP contribution in [0.4, 0.5) is 0 Å². The normalized spacial score (nSPS) is 34.2. The zero-order valence-corrected chi connectivity index (χ0v) is 7.15. The molecule has 0 aromatic carbocycles. The lowest BCUT2D eigenvalue weighted by molar-refractivity contribution is 0.0886. The van der Waals surface area contributed by atoms with Crippen LogP contribution in [0.3, 0.4) is 0 Å². The molecule has 1 heterocycles. The highest BCUT2D eigenvalue weighted by atomic mass is 28.3. The van der Waals surface area contributed by atoms with E-state index in [4.69, 9.17) is 14.6 Å². The Hall–Kier alpha value is 0.0969. The van der Waals surface area contributed by atoms with Gasteiger partial charge in [-0.05, 0) is 12.5 Å². The molecule has 1 fully saturated rings. The first kappa shape index (κ1) is 8.20. The van der Waals surface area contributed by atoms with Crippen LogP contribution in [0.5, 0.6) is 0 Å². The molecular formula is C6H14O3Si. The number of aliphatic hydroxyl groups excluding tert-OH is 2. The molecule has 3 nitrogen and oxygen atoms in total. The predicted octanol–water partition coefficient (Wildman–Crippen LogP) is -0.587. The molecule has 2 unspecified atom stereocenters. The third-order valence-electron chi connectivity index (χ3n) is 1.84. The number of rotatable bonds is 2. The van der Waals surface area contributed by atoms with Gasteiger partial charge < -0.3 is 14.6 Å². The van der Waals surface area contributed by atoms with Crippen LogP contribution in [-0.2, 0) is 4.43 Å². The van der Waals surface area contributed by atoms with E-state index in [1.54, 1.807) is 0 Å². The smallest absolute Gasteiger partial charge is 0.202 e. The third kappa shape index (κ3) is 2.05. The van der Waals surface area contributed by atoms with Gasteiger partial charge in [0.15, 0.2) is 0 Å². The largest absolute Gasteiger partial charge is 0.413 e. The Morgan fingerprint density at radius 2 is 2.30 bits per heavy atom. The second-order valence-corrected chi connectivity index (χ2v) is 5.13. The zero-order valence-electron chi connectivity index (χ0n) is 5.99. The summed E-state index contributed by atoms with van der Waals surface area (Å²) in [5, 5.41) is 17.5. The summed E-state index contributed by atoms with van der Waals surface area (Å²) in [4.78, 5) is 0. The average Bonchev–Trinajstić information content (AvgIpc) is 2.05. The van der Waals surface area contributed by atoms with Crippen LogP contribution in [0, 0.1) is 0 Å². The second kappa shape index (κ2) is 4.08. The molecule has 0 radical (unpaired) electrons. The third-order valence-corrected chi connectivity index (χ3v) is 4.07. The Morgan fingerprint density at radius 3 is 2.90 bits per heavy atom. The standard InChI is InChI=1S/C6H14O3Si/c7-4-6-2-1-3-10(5-8)9-6/h6-8,10H,1-5H2. The number of hydrogen-bond acceptors (Lipinski definition) is 3. The summed E-state index contributed by atoms with van der Waals surface area (Å²) in [6.07, 6.45) is 2.32. The maximum Gasteiger partial charge on any atom is 0.202 e. The zero-order chi connectivity index (χ0) is 7.40. The van der Waals surface area contributed by atoms with Crippen molar-refractivity contribution in [1.29, 1.82) is 0 Å². The Morgan fingerprint density at radius 1 is 1.50 bits per heavy atom. The van der Waals surface area contributed by atoms with E-state index >= 15 is 0 Å². The van der Waals surface area contributed by atoms with Gasteiger partial charge in [-0.1, -0.05) is 6.42 Å². The lowest BCUT2D eigenvalue weighted by Gasteiger charge is -2.26. The van der Waals surface area contributed by atoms with Crippen molar-refractivity contribution in [1.82, 2.24) is 0 Å². The molecular weight excluding hydrogens is 148 g/mol. The van der Waals surface area contributed by atoms with Crippen molar-refractivity contribution in [2.75, 3.05) is 12.8 Å². The molecule has 0 spiro atoms. The molecule has 1 rings (SSSR count). The van der Waals surface area contributed by atoms with Crippen molar-refractivity contribution in [2.24, 2.45) is 0 Å². The van der Waals surface area contributed by atoms with Gasteiger partial charge in [-0.2, -0.15) is 0 Å². The highest BCUT2D eigenvalue weighted by molar-refractivity contribution is 6.51. The van der Waals surface area contributed by atoms with Crippen LogP contribution in [0.2, 0.25) is 6.04 Å². The summed E-state index contributed by atoms with van der Waals surface area (Å²) in [7, 11) is -1.29. The monoisotopic (exact) mass is 162 g/mol. The lowest BCUT2D eigenvalue weighted by atomic mass is 10.2. The first-order valence-corrected chi connectivity index (χ1v) is 5.84. The topological polar surface area (TPSA) is 49.7 Å². The minimum Gasteiger partial charge on any atom is -0.413 e. The van der Waals surface area contributed by atoms with Gasteiger partial charge in [0.1, 0.15) is 0 Å². The van der Waals surface area contributed by atoms with E-state index in [2.05, 4.69) is 0 Å². The number of aliphatic hydroxyl groups is 2. The Kier molecular flexibility index (Phi) is 3.34. The van der Waals surface area contributed by atoms with Crippen LogP contribution in [0.15, 0.2) is 0 Å². The van der Waals surface area contributed by atoms with Crippen LogP contribution >= 0.6 is 0 Å². The van der Waals surface area contributed by atoms with Crippen LogP contribution in [0.25, 0.3) is 0 Å². The fraction of sp³-hybridized carbons (Fsp3) is 1.00. The van der Waals surface area contributed by atoms with Crippen molar-refractivity contribution in [3.05, 3.63) is 0 Å². The predicted molar refractivity (Wildman–Crippen MR) is 40.2 cm³/mol. The van der Waals surface area contributed by atoms with Gasteiger partial charge in [0.2, 0.25) is 9.04 Å². The summed E-state index contributed by atoms with van der Waals surface area (Å²) in [6, 6.07) is 1.06. The summed E-state index contributed by atoms with van der Waals surface area (Å²) in [5.41, 5.74) is 0. The second-order valence-electron chi connectivity index (χ2n) is 2.68. The molecule has 2 atom stereocenters. The molecule has 0 aromatic rings. The first-order valence-electron chi connectivity index (χ1n) is 3.74. The highest BCUT2D eigenvalue weighted by Crippen LogP contribution is 2.16. The van der Waals surface area contributed by atoms with Crippen LogP contribution < -0.4 is 0 Å². The van der Waals surface area contributed by atoms with E-state index in [-0.39, 0.29) is 18.9 Å². The van der Waals surface area contributed by atoms with Crippen molar-refractivity contribution in [3.63, 3.8) is 0 Å². The van der Waals surface area contributed by atoms with E-state index in [0.717, 1.165) is 18.9 Å². The van der Waals surface area contributed by atoms with Crippen molar-refractivity contribution < 1.29 is 14.6 Å². The molecule has 1 aliphatic heterocycles. The summed E-state index contributed by atoms with van der Waals surface area (Å²) < 4.78 is 5.42. The molecule has 0 aliphatic carbocycles. The molecule has 0 aromatic heterocycles. The molecule has 0 saturated carbocycles. The molecule has 1 saturated heterocycles. The summed E-state index contributed by atoms with van der Waals surface area (Å²) in [5.74, 6) is 0. The molecule has 0 amide bonds. The lowest BCUT2D eigenvalue weighted by Crippen LogP contribution is -2.35. The fourth-order valence-corrected chi connectivity index (χ4v) is 3.11. The van der Waals surface area contributed by atoms with Crippen LogP contribution in [0.1, 0.15) is 12.8 Å². The van der Waals surface area contributed by atoms with E-state index < -0.39 is 9.04 Å². The van der Waals surface area contributed by atoms with E-state index in [1.165, 1.54) is 0 Å². The minimum atomic E-state index is -1.29. The van der Waals surface area contributed by atoms with Gasteiger partial charge in [0.05, 0.1) is 18.9 Å². The van der Waals surface area contributed by atoms with Crippen molar-refractivity contribution in [3.8, 4) is 0 Å². The van der Waals surface area contributed by atoms with Gasteiger partial charge in [-0.25, -0.2) is 0 Å². The fourth-order valence-electron chi connectivity index (χ4n) is 1.25. The Balaban J connectivity index is 2.25. The minimum absolute atomic E-state index is 0.0255. The van der Waals surface area contributed by atoms with Gasteiger partial charge in [0.25, 0.3) is 0 Å². The molecule has 1 aliphatic rings. The molecule has 2 N–H and O–H groups in total. The van der Waals surface area contributed by atoms with Crippen molar-refractivity contribution in [2.45, 2.75) is 25.0 Å². The molecule has 0 bridgehead atoms. The van der Waals surface area contributed by atoms with Gasteiger partial charge in [0, 0.05) is 0 Å². The van der Waals surface area contributed by atoms with Gasteiger partial charge in [-0.15, -0.1) is 0 Å². The highest BCUT2D eigenvalue weighted by Gasteiger charge is 2.21. The number of hydrogen-bond donors (Lipinski definition) is 2. The first-order chi connectivity index (χ1) is 4.86. The van der Waals surface area contributed by atoms with E-state index in [0.29, 0.717) is 0 Å². The Bertz CT molecular complexity index is 89.0. The van der Waals surface area contributed by atoms with E-state index in [1.807, 2.05) is 0 Å². The SMILES string of the molecule is OCC1CCC[SiH](CO)O1. The molecule has 10 heavy (non-hydrogen) atoms. The maximum absolute atomic E-state index is 8.76. The van der Waals surface area contributed by atoms with Crippen molar-refractivity contribution >= 4 is 9.04 Å². The molecule has 4 heteroatoms. The van der Waals surface area contributed by atoms with Crippen LogP contribution in [-0.4, -0.2) is 38.2 Å². The van der Waals surface area contributed by atoms with E-state index in [9.17, 15) is 0 Å². The maximum atomic E-state index is 8.76. The Labute approximate surface area is 62.4 Å². The average molecular weight is 162 g/mol.